The minimum atomic E-state index is -1.09. The van der Waals surface area contributed by atoms with Crippen LogP contribution in [-0.4, -0.2) is 20.6 Å². The average Bonchev–Trinajstić information content (AvgIpc) is 2.77. The van der Waals surface area contributed by atoms with E-state index in [0.29, 0.717) is 11.3 Å². The molecule has 0 bridgehead atoms. The highest BCUT2D eigenvalue weighted by atomic mass is 16.4. The topological polar surface area (TPSA) is 78.9 Å². The van der Waals surface area contributed by atoms with Crippen molar-refractivity contribution >= 4 is 5.97 Å². The summed E-state index contributed by atoms with van der Waals surface area (Å²) in [5.74, 6) is -1.09. The standard InChI is InChI=1S/C12H9N3O2/c1-8-3-2-4-9(5-13)11(8)15-6-10(12(16)17)14-7-15/h2-4,6-7H,1H3,(H,16,17). The normalized spacial score (nSPS) is 9.88. The first-order valence-electron chi connectivity index (χ1n) is 4.91. The van der Waals surface area contributed by atoms with Crippen LogP contribution < -0.4 is 0 Å². The Hall–Kier alpha value is -2.61. The summed E-state index contributed by atoms with van der Waals surface area (Å²) in [6, 6.07) is 7.40. The maximum absolute atomic E-state index is 10.7. The maximum Gasteiger partial charge on any atom is 0.356 e. The molecule has 0 saturated carbocycles. The molecule has 1 aromatic carbocycles. The molecule has 0 amide bonds. The van der Waals surface area contributed by atoms with Gasteiger partial charge >= 0.3 is 5.97 Å². The van der Waals surface area contributed by atoms with E-state index in [-0.39, 0.29) is 5.69 Å². The monoisotopic (exact) mass is 227 g/mol. The number of aromatic nitrogens is 2. The smallest absolute Gasteiger partial charge is 0.356 e. The van der Waals surface area contributed by atoms with Crippen LogP contribution in [0.1, 0.15) is 21.6 Å². The van der Waals surface area contributed by atoms with E-state index in [1.165, 1.54) is 12.5 Å². The SMILES string of the molecule is Cc1cccc(C#N)c1-n1cnc(C(=O)O)c1. The van der Waals surface area contributed by atoms with Gasteiger partial charge in [0.05, 0.1) is 11.3 Å². The van der Waals surface area contributed by atoms with Crippen molar-refractivity contribution in [1.29, 1.82) is 5.26 Å². The lowest BCUT2D eigenvalue weighted by atomic mass is 10.1. The average molecular weight is 227 g/mol. The molecule has 0 unspecified atom stereocenters. The number of carbonyl (C=O) groups is 1. The summed E-state index contributed by atoms with van der Waals surface area (Å²) in [6.45, 7) is 1.86. The number of para-hydroxylation sites is 1. The molecular formula is C12H9N3O2. The zero-order valence-corrected chi connectivity index (χ0v) is 9.08. The molecule has 0 aliphatic heterocycles. The summed E-state index contributed by atoms with van der Waals surface area (Å²) in [6.07, 6.45) is 2.79. The number of carboxylic acid groups (broad SMARTS) is 1. The van der Waals surface area contributed by atoms with Crippen LogP contribution in [-0.2, 0) is 0 Å². The van der Waals surface area contributed by atoms with Crippen molar-refractivity contribution in [3.63, 3.8) is 0 Å². The molecule has 0 saturated heterocycles. The predicted octanol–water partition coefficient (Wildman–Crippen LogP) is 1.75. The van der Waals surface area contributed by atoms with Crippen LogP contribution >= 0.6 is 0 Å². The summed E-state index contributed by atoms with van der Waals surface area (Å²) in [4.78, 5) is 14.5. The van der Waals surface area contributed by atoms with Crippen LogP contribution in [0.3, 0.4) is 0 Å². The number of imidazole rings is 1. The third kappa shape index (κ3) is 1.88. The highest BCUT2D eigenvalue weighted by Crippen LogP contribution is 2.18. The van der Waals surface area contributed by atoms with Crippen molar-refractivity contribution in [2.45, 2.75) is 6.92 Å². The summed E-state index contributed by atoms with van der Waals surface area (Å²) >= 11 is 0. The van der Waals surface area contributed by atoms with Crippen LogP contribution in [0.5, 0.6) is 0 Å². The van der Waals surface area contributed by atoms with Gasteiger partial charge in [0.2, 0.25) is 0 Å². The van der Waals surface area contributed by atoms with Gasteiger partial charge in [-0.15, -0.1) is 0 Å². The highest BCUT2D eigenvalue weighted by Gasteiger charge is 2.11. The van der Waals surface area contributed by atoms with E-state index in [9.17, 15) is 4.79 Å². The molecule has 1 aromatic heterocycles. The number of aryl methyl sites for hydroxylation is 1. The number of hydrogen-bond acceptors (Lipinski definition) is 3. The second-order valence-corrected chi connectivity index (χ2v) is 3.55. The zero-order chi connectivity index (χ0) is 12.4. The first-order chi connectivity index (χ1) is 8.13. The molecule has 5 heteroatoms. The Labute approximate surface area is 97.6 Å². The molecule has 0 aliphatic carbocycles. The number of nitriles is 1. The van der Waals surface area contributed by atoms with Gasteiger partial charge in [0.1, 0.15) is 12.4 Å². The van der Waals surface area contributed by atoms with Gasteiger partial charge in [-0.25, -0.2) is 9.78 Å². The Morgan fingerprint density at radius 2 is 2.29 bits per heavy atom. The molecule has 0 fully saturated rings. The molecule has 84 valence electrons. The third-order valence-electron chi connectivity index (χ3n) is 2.42. The van der Waals surface area contributed by atoms with Gasteiger partial charge < -0.3 is 9.67 Å². The molecule has 2 rings (SSSR count). The van der Waals surface area contributed by atoms with Crippen LogP contribution in [0.15, 0.2) is 30.7 Å². The second-order valence-electron chi connectivity index (χ2n) is 3.55. The molecule has 17 heavy (non-hydrogen) atoms. The number of carboxylic acids is 1. The van der Waals surface area contributed by atoms with Crippen molar-refractivity contribution < 1.29 is 9.90 Å². The molecule has 1 N–H and O–H groups in total. The Balaban J connectivity index is 2.60. The number of benzene rings is 1. The second kappa shape index (κ2) is 4.10. The fraction of sp³-hybridized carbons (Fsp3) is 0.0833. The molecule has 0 atom stereocenters. The zero-order valence-electron chi connectivity index (χ0n) is 9.08. The van der Waals surface area contributed by atoms with Crippen LogP contribution in [0.25, 0.3) is 5.69 Å². The van der Waals surface area contributed by atoms with Gasteiger partial charge in [-0.05, 0) is 18.6 Å². The minimum absolute atomic E-state index is 0.0443. The minimum Gasteiger partial charge on any atom is -0.476 e. The predicted molar refractivity (Wildman–Crippen MR) is 60.0 cm³/mol. The largest absolute Gasteiger partial charge is 0.476 e. The van der Waals surface area contributed by atoms with E-state index < -0.39 is 5.97 Å². The number of aromatic carboxylic acids is 1. The van der Waals surface area contributed by atoms with E-state index in [4.69, 9.17) is 10.4 Å². The van der Waals surface area contributed by atoms with Gasteiger partial charge in [-0.1, -0.05) is 12.1 Å². The molecule has 2 aromatic rings. The van der Waals surface area contributed by atoms with E-state index >= 15 is 0 Å². The van der Waals surface area contributed by atoms with Crippen molar-refractivity contribution in [3.8, 4) is 11.8 Å². The lowest BCUT2D eigenvalue weighted by Crippen LogP contribution is -1.99. The molecule has 0 aliphatic rings. The summed E-state index contributed by atoms with van der Waals surface area (Å²) < 4.78 is 1.55. The third-order valence-corrected chi connectivity index (χ3v) is 2.42. The van der Waals surface area contributed by atoms with Crippen molar-refractivity contribution in [1.82, 2.24) is 9.55 Å². The number of rotatable bonds is 2. The van der Waals surface area contributed by atoms with Gasteiger partial charge in [0.25, 0.3) is 0 Å². The van der Waals surface area contributed by atoms with E-state index in [2.05, 4.69) is 11.1 Å². The molecule has 0 spiro atoms. The molecule has 1 heterocycles. The van der Waals surface area contributed by atoms with E-state index in [1.54, 1.807) is 16.7 Å². The first-order valence-corrected chi connectivity index (χ1v) is 4.91. The van der Waals surface area contributed by atoms with Crippen LogP contribution in [0.4, 0.5) is 0 Å². The number of hydrogen-bond donors (Lipinski definition) is 1. The molecule has 5 nitrogen and oxygen atoms in total. The quantitative estimate of drug-likeness (QED) is 0.847. The van der Waals surface area contributed by atoms with Gasteiger partial charge in [0.15, 0.2) is 5.69 Å². The Bertz CT molecular complexity index is 623. The van der Waals surface area contributed by atoms with Crippen molar-refractivity contribution in [2.24, 2.45) is 0 Å². The summed E-state index contributed by atoms with van der Waals surface area (Å²) in [7, 11) is 0. The van der Waals surface area contributed by atoms with Crippen LogP contribution in [0.2, 0.25) is 0 Å². The Kier molecular flexibility index (Phi) is 2.63. The van der Waals surface area contributed by atoms with Crippen molar-refractivity contribution in [3.05, 3.63) is 47.5 Å². The van der Waals surface area contributed by atoms with Gasteiger partial charge in [-0.3, -0.25) is 0 Å². The number of nitrogens with zero attached hydrogens (tertiary/aromatic N) is 3. The molecular weight excluding hydrogens is 218 g/mol. The van der Waals surface area contributed by atoms with Crippen molar-refractivity contribution in [2.75, 3.05) is 0 Å². The summed E-state index contributed by atoms with van der Waals surface area (Å²) in [5.41, 5.74) is 1.99. The fourth-order valence-electron chi connectivity index (χ4n) is 1.65. The lowest BCUT2D eigenvalue weighted by molar-refractivity contribution is 0.0691. The Morgan fingerprint density at radius 1 is 1.53 bits per heavy atom. The maximum atomic E-state index is 10.7. The highest BCUT2D eigenvalue weighted by molar-refractivity contribution is 5.85. The van der Waals surface area contributed by atoms with E-state index in [0.717, 1.165) is 5.56 Å². The van der Waals surface area contributed by atoms with E-state index in [1.807, 2.05) is 13.0 Å². The molecule has 0 radical (unpaired) electrons. The van der Waals surface area contributed by atoms with Gasteiger partial charge in [-0.2, -0.15) is 5.26 Å². The Morgan fingerprint density at radius 3 is 2.88 bits per heavy atom. The van der Waals surface area contributed by atoms with Crippen LogP contribution in [0, 0.1) is 18.3 Å². The first kappa shape index (κ1) is 10.9. The lowest BCUT2D eigenvalue weighted by Gasteiger charge is -2.07. The fourth-order valence-corrected chi connectivity index (χ4v) is 1.65. The summed E-state index contributed by atoms with van der Waals surface area (Å²) in [5, 5.41) is 17.8. The van der Waals surface area contributed by atoms with Gasteiger partial charge in [0, 0.05) is 6.20 Å².